The average molecular weight is 575 g/mol. The third-order valence-corrected chi connectivity index (χ3v) is 6.58. The Morgan fingerprint density at radius 2 is 1.49 bits per heavy atom. The second-order valence-corrected chi connectivity index (χ2v) is 9.60. The summed E-state index contributed by atoms with van der Waals surface area (Å²) >= 11 is 0. The molecule has 0 bridgehead atoms. The summed E-state index contributed by atoms with van der Waals surface area (Å²) in [5.74, 6) is -11.4. The molecule has 0 saturated heterocycles. The van der Waals surface area contributed by atoms with Gasteiger partial charge in [0.1, 0.15) is 5.75 Å². The maximum Gasteiger partial charge on any atom is 0.460 e. The van der Waals surface area contributed by atoms with Gasteiger partial charge in [-0.3, -0.25) is 0 Å². The maximum atomic E-state index is 14.2. The number of rotatable bonds is 10. The monoisotopic (exact) mass is 575 g/mol. The number of aliphatic hydroxyl groups is 1. The fourth-order valence-electron chi connectivity index (χ4n) is 4.36. The van der Waals surface area contributed by atoms with Crippen LogP contribution in [0.3, 0.4) is 0 Å². The summed E-state index contributed by atoms with van der Waals surface area (Å²) in [5.41, 5.74) is -1.87. The van der Waals surface area contributed by atoms with Crippen molar-refractivity contribution in [3.05, 3.63) is 59.7 Å². The number of hydrogen-bond acceptors (Lipinski definition) is 3. The van der Waals surface area contributed by atoms with E-state index in [4.69, 9.17) is 4.74 Å². The first-order valence-corrected chi connectivity index (χ1v) is 12.2. The molecule has 1 aliphatic carbocycles. The summed E-state index contributed by atoms with van der Waals surface area (Å²) in [4.78, 5) is 0.949. The van der Waals surface area contributed by atoms with Crippen LogP contribution in [0.5, 0.6) is 5.75 Å². The Morgan fingerprint density at radius 1 is 0.846 bits per heavy atom. The van der Waals surface area contributed by atoms with E-state index in [1.165, 1.54) is 18.2 Å². The molecule has 0 amide bonds. The van der Waals surface area contributed by atoms with Gasteiger partial charge in [-0.05, 0) is 42.5 Å². The maximum absolute atomic E-state index is 14.2. The zero-order valence-corrected chi connectivity index (χ0v) is 20.5. The number of aliphatic hydroxyl groups excluding tert-OH is 1. The molecule has 1 saturated carbocycles. The lowest BCUT2D eigenvalue weighted by Crippen LogP contribution is -2.50. The molecule has 0 radical (unpaired) electrons. The fourth-order valence-corrected chi connectivity index (χ4v) is 4.36. The van der Waals surface area contributed by atoms with Crippen LogP contribution in [0.25, 0.3) is 0 Å². The number of benzene rings is 2. The highest BCUT2D eigenvalue weighted by molar-refractivity contribution is 5.51. The van der Waals surface area contributed by atoms with Crippen LogP contribution in [-0.2, 0) is 12.5 Å². The van der Waals surface area contributed by atoms with E-state index in [1.54, 1.807) is 6.07 Å². The Labute approximate surface area is 218 Å². The molecule has 3 nitrogen and oxygen atoms in total. The highest BCUT2D eigenvalue weighted by Gasteiger charge is 2.73. The molecular formula is C26H27F10NO2. The smallest absolute Gasteiger partial charge is 0.460 e. The molecule has 0 aliphatic heterocycles. The fraction of sp³-hybridized carbons (Fsp3) is 0.538. The van der Waals surface area contributed by atoms with Crippen molar-refractivity contribution >= 4 is 5.69 Å². The first kappa shape index (κ1) is 30.8. The minimum absolute atomic E-state index is 0.0808. The van der Waals surface area contributed by atoms with E-state index in [0.29, 0.717) is 30.4 Å². The molecular weight excluding hydrogens is 548 g/mol. The van der Waals surface area contributed by atoms with Gasteiger partial charge in [-0.2, -0.15) is 43.9 Å². The predicted molar refractivity (Wildman–Crippen MR) is 123 cm³/mol. The summed E-state index contributed by atoms with van der Waals surface area (Å²) in [6.45, 7) is -1.32. The number of halogens is 10. The minimum Gasteiger partial charge on any atom is -0.493 e. The molecule has 1 N–H and O–H groups in total. The Balaban J connectivity index is 1.88. The summed E-state index contributed by atoms with van der Waals surface area (Å²) in [6, 6.07) is 8.40. The largest absolute Gasteiger partial charge is 0.493 e. The van der Waals surface area contributed by atoms with Crippen LogP contribution in [0.15, 0.2) is 48.5 Å². The molecule has 2 aromatic carbocycles. The van der Waals surface area contributed by atoms with E-state index in [9.17, 15) is 49.0 Å². The van der Waals surface area contributed by atoms with Crippen LogP contribution in [0.4, 0.5) is 49.6 Å². The normalized spacial score (nSPS) is 16.7. The van der Waals surface area contributed by atoms with Crippen LogP contribution in [0, 0.1) is 5.92 Å². The van der Waals surface area contributed by atoms with Gasteiger partial charge in [-0.15, -0.1) is 0 Å². The van der Waals surface area contributed by atoms with E-state index in [1.807, 2.05) is 0 Å². The minimum atomic E-state index is -6.55. The first-order valence-electron chi connectivity index (χ1n) is 12.2. The zero-order valence-electron chi connectivity index (χ0n) is 20.5. The molecule has 0 spiro atoms. The van der Waals surface area contributed by atoms with Crippen molar-refractivity contribution in [3.8, 4) is 5.75 Å². The molecule has 0 aromatic heterocycles. The van der Waals surface area contributed by atoms with Crippen LogP contribution >= 0.6 is 0 Å². The molecule has 0 unspecified atom stereocenters. The zero-order chi connectivity index (χ0) is 29.1. The molecule has 3 rings (SSSR count). The lowest BCUT2D eigenvalue weighted by atomic mass is 9.90. The number of nitrogens with zero attached hydrogens (tertiary/aromatic N) is 1. The highest BCUT2D eigenvalue weighted by atomic mass is 19.4. The summed E-state index contributed by atoms with van der Waals surface area (Å²) in [6.07, 6.45) is -9.28. The molecule has 0 heterocycles. The van der Waals surface area contributed by atoms with Gasteiger partial charge in [0.25, 0.3) is 0 Å². The Hall–Kier alpha value is -2.70. The van der Waals surface area contributed by atoms with Gasteiger partial charge >= 0.3 is 24.2 Å². The van der Waals surface area contributed by atoms with Crippen molar-refractivity contribution in [2.45, 2.75) is 69.0 Å². The van der Waals surface area contributed by atoms with E-state index in [2.05, 4.69) is 0 Å². The van der Waals surface area contributed by atoms with E-state index >= 15 is 0 Å². The second-order valence-electron chi connectivity index (χ2n) is 9.60. The van der Waals surface area contributed by atoms with Gasteiger partial charge in [0.2, 0.25) is 0 Å². The Morgan fingerprint density at radius 3 is 2.10 bits per heavy atom. The molecule has 1 aliphatic rings. The van der Waals surface area contributed by atoms with Crippen LogP contribution in [0.2, 0.25) is 0 Å². The van der Waals surface area contributed by atoms with Crippen molar-refractivity contribution in [1.29, 1.82) is 0 Å². The van der Waals surface area contributed by atoms with E-state index < -0.39 is 49.0 Å². The lowest BCUT2D eigenvalue weighted by Gasteiger charge is -2.30. The first-order chi connectivity index (χ1) is 18.0. The number of ether oxygens (including phenoxy) is 1. The standard InChI is InChI=1S/C26H27F10NO2/c27-23(28,25(32,33)26(34,35)36)19-9-4-8-18(12-19)14-37(15-22(38)24(29,30)31)20-10-5-11-21(13-20)39-16-17-6-2-1-3-7-17/h4-5,8-13,17,22,38H,1-3,6-7,14-16H2/t22-/m1/s1. The van der Waals surface area contributed by atoms with Gasteiger partial charge in [0.05, 0.1) is 13.2 Å². The van der Waals surface area contributed by atoms with E-state index in [0.717, 1.165) is 49.1 Å². The van der Waals surface area contributed by atoms with Crippen molar-refractivity contribution in [1.82, 2.24) is 0 Å². The average Bonchev–Trinajstić information content (AvgIpc) is 2.86. The lowest BCUT2D eigenvalue weighted by molar-refractivity contribution is -0.359. The summed E-state index contributed by atoms with van der Waals surface area (Å²) in [5, 5.41) is 9.68. The SMILES string of the molecule is O[C@H](CN(Cc1cccc(C(F)(F)C(F)(F)C(F)(F)F)c1)c1cccc(OCC2CCCCC2)c1)C(F)(F)F. The molecule has 2 aromatic rings. The second kappa shape index (κ2) is 11.8. The van der Waals surface area contributed by atoms with Gasteiger partial charge in [-0.1, -0.05) is 43.5 Å². The topological polar surface area (TPSA) is 32.7 Å². The highest BCUT2D eigenvalue weighted by Crippen LogP contribution is 2.51. The molecule has 218 valence electrons. The summed E-state index contributed by atoms with van der Waals surface area (Å²) < 4.78 is 139. The van der Waals surface area contributed by atoms with Crippen LogP contribution in [-0.4, -0.2) is 42.6 Å². The molecule has 1 atom stereocenters. The third-order valence-electron chi connectivity index (χ3n) is 6.58. The van der Waals surface area contributed by atoms with Crippen molar-refractivity contribution < 1.29 is 53.7 Å². The number of anilines is 1. The third kappa shape index (κ3) is 7.49. The number of hydrogen-bond donors (Lipinski definition) is 1. The molecule has 1 fully saturated rings. The summed E-state index contributed by atoms with van der Waals surface area (Å²) in [7, 11) is 0. The van der Waals surface area contributed by atoms with Gasteiger partial charge in [0, 0.05) is 23.9 Å². The molecule has 39 heavy (non-hydrogen) atoms. The number of alkyl halides is 10. The predicted octanol–water partition coefficient (Wildman–Crippen LogP) is 7.86. The van der Waals surface area contributed by atoms with Crippen molar-refractivity contribution in [3.63, 3.8) is 0 Å². The van der Waals surface area contributed by atoms with Crippen molar-refractivity contribution in [2.24, 2.45) is 5.92 Å². The van der Waals surface area contributed by atoms with Crippen molar-refractivity contribution in [2.75, 3.05) is 18.1 Å². The van der Waals surface area contributed by atoms with E-state index in [-0.39, 0.29) is 11.3 Å². The van der Waals surface area contributed by atoms with Gasteiger partial charge < -0.3 is 14.7 Å². The van der Waals surface area contributed by atoms with Crippen LogP contribution in [0.1, 0.15) is 43.2 Å². The quantitative estimate of drug-likeness (QED) is 0.293. The van der Waals surface area contributed by atoms with Crippen LogP contribution < -0.4 is 9.64 Å². The Bertz CT molecular complexity index is 1080. The molecule has 13 heteroatoms. The van der Waals surface area contributed by atoms with Gasteiger partial charge in [0.15, 0.2) is 6.10 Å². The Kier molecular flexibility index (Phi) is 9.34. The van der Waals surface area contributed by atoms with Gasteiger partial charge in [-0.25, -0.2) is 0 Å².